The summed E-state index contributed by atoms with van der Waals surface area (Å²) < 4.78 is 0. The van der Waals surface area contributed by atoms with E-state index in [2.05, 4.69) is 16.4 Å². The molecular weight excluding hydrogens is 270 g/mol. The molecule has 4 nitrogen and oxygen atoms in total. The molecule has 0 unspecified atom stereocenters. The Morgan fingerprint density at radius 1 is 1.45 bits per heavy atom. The Balaban J connectivity index is 2.06. The van der Waals surface area contributed by atoms with Gasteiger partial charge in [0.25, 0.3) is 5.91 Å². The molecule has 102 valence electrons. The van der Waals surface area contributed by atoms with Gasteiger partial charge in [-0.3, -0.25) is 4.79 Å². The predicted octanol–water partition coefficient (Wildman–Crippen LogP) is 3.23. The molecule has 1 aromatic heterocycles. The molecule has 0 spiro atoms. The van der Waals surface area contributed by atoms with E-state index in [1.807, 2.05) is 24.4 Å². The fraction of sp³-hybridized carbons (Fsp3) is 0.267. The number of thiazole rings is 1. The van der Waals surface area contributed by atoms with Gasteiger partial charge in [-0.1, -0.05) is 25.5 Å². The van der Waals surface area contributed by atoms with Gasteiger partial charge in [-0.25, -0.2) is 4.98 Å². The molecule has 0 bridgehead atoms. The van der Waals surface area contributed by atoms with E-state index in [9.17, 15) is 4.79 Å². The summed E-state index contributed by atoms with van der Waals surface area (Å²) in [6, 6.07) is 8.91. The molecule has 0 aliphatic carbocycles. The predicted molar refractivity (Wildman–Crippen MR) is 79.3 cm³/mol. The molecule has 20 heavy (non-hydrogen) atoms. The highest BCUT2D eigenvalue weighted by atomic mass is 32.1. The standard InChI is InChI=1S/C15H15N3OS/c1-2-3-13(8-16)18-15(19)12-6-4-11(5-7-12)14-9-20-10-17-14/h4-7,9-10,13H,2-3H2,1H3,(H,18,19)/t13-/m0/s1. The van der Waals surface area contributed by atoms with Crippen LogP contribution in [-0.2, 0) is 0 Å². The van der Waals surface area contributed by atoms with Crippen LogP contribution in [0.2, 0.25) is 0 Å². The first-order valence-corrected chi connectivity index (χ1v) is 7.38. The summed E-state index contributed by atoms with van der Waals surface area (Å²) >= 11 is 1.54. The van der Waals surface area contributed by atoms with Crippen LogP contribution in [0.15, 0.2) is 35.2 Å². The van der Waals surface area contributed by atoms with E-state index in [1.165, 1.54) is 11.3 Å². The summed E-state index contributed by atoms with van der Waals surface area (Å²) in [5, 5.41) is 13.6. The second-order valence-electron chi connectivity index (χ2n) is 4.39. The van der Waals surface area contributed by atoms with Crippen LogP contribution in [0.1, 0.15) is 30.1 Å². The zero-order chi connectivity index (χ0) is 14.4. The molecule has 1 aromatic carbocycles. The minimum atomic E-state index is -0.425. The Hall–Kier alpha value is -2.19. The van der Waals surface area contributed by atoms with Gasteiger partial charge in [-0.05, 0) is 18.6 Å². The van der Waals surface area contributed by atoms with Crippen molar-refractivity contribution in [2.75, 3.05) is 0 Å². The largest absolute Gasteiger partial charge is 0.336 e. The van der Waals surface area contributed by atoms with Crippen molar-refractivity contribution < 1.29 is 4.79 Å². The van der Waals surface area contributed by atoms with E-state index in [0.717, 1.165) is 17.7 Å². The van der Waals surface area contributed by atoms with Gasteiger partial charge in [0, 0.05) is 16.5 Å². The van der Waals surface area contributed by atoms with Crippen molar-refractivity contribution >= 4 is 17.2 Å². The van der Waals surface area contributed by atoms with Crippen LogP contribution < -0.4 is 5.32 Å². The maximum atomic E-state index is 12.0. The smallest absolute Gasteiger partial charge is 0.252 e. The number of carbonyl (C=O) groups excluding carboxylic acids is 1. The lowest BCUT2D eigenvalue weighted by molar-refractivity contribution is 0.0944. The third kappa shape index (κ3) is 3.43. The van der Waals surface area contributed by atoms with E-state index in [0.29, 0.717) is 12.0 Å². The highest BCUT2D eigenvalue weighted by Gasteiger charge is 2.12. The Morgan fingerprint density at radius 3 is 2.75 bits per heavy atom. The van der Waals surface area contributed by atoms with Gasteiger partial charge in [-0.2, -0.15) is 5.26 Å². The van der Waals surface area contributed by atoms with Gasteiger partial charge >= 0.3 is 0 Å². The van der Waals surface area contributed by atoms with E-state index >= 15 is 0 Å². The lowest BCUT2D eigenvalue weighted by Gasteiger charge is -2.10. The summed E-state index contributed by atoms with van der Waals surface area (Å²) in [4.78, 5) is 16.2. The second kappa shape index (κ2) is 6.83. The first kappa shape index (κ1) is 14.2. The molecule has 0 fully saturated rings. The number of nitrogens with one attached hydrogen (secondary N) is 1. The fourth-order valence-electron chi connectivity index (χ4n) is 1.85. The molecule has 2 aromatic rings. The van der Waals surface area contributed by atoms with Crippen molar-refractivity contribution in [2.45, 2.75) is 25.8 Å². The van der Waals surface area contributed by atoms with Crippen LogP contribution in [-0.4, -0.2) is 16.9 Å². The summed E-state index contributed by atoms with van der Waals surface area (Å²) in [5.74, 6) is -0.213. The average Bonchev–Trinajstić information content (AvgIpc) is 3.01. The van der Waals surface area contributed by atoms with Crippen LogP contribution >= 0.6 is 11.3 Å². The highest BCUT2D eigenvalue weighted by Crippen LogP contribution is 2.19. The SMILES string of the molecule is CCC[C@@H](C#N)NC(=O)c1ccc(-c2cscn2)cc1. The number of hydrogen-bond acceptors (Lipinski definition) is 4. The number of amides is 1. The Kier molecular flexibility index (Phi) is 4.85. The fourth-order valence-corrected chi connectivity index (χ4v) is 2.41. The number of nitriles is 1. The maximum absolute atomic E-state index is 12.0. The molecule has 1 heterocycles. The number of aromatic nitrogens is 1. The quantitative estimate of drug-likeness (QED) is 0.917. The van der Waals surface area contributed by atoms with Gasteiger partial charge in [0.05, 0.1) is 17.3 Å². The normalized spacial score (nSPS) is 11.6. The lowest BCUT2D eigenvalue weighted by Crippen LogP contribution is -2.33. The van der Waals surface area contributed by atoms with E-state index < -0.39 is 6.04 Å². The monoisotopic (exact) mass is 285 g/mol. The Labute approximate surface area is 122 Å². The maximum Gasteiger partial charge on any atom is 0.252 e. The van der Waals surface area contributed by atoms with Crippen LogP contribution in [0.3, 0.4) is 0 Å². The molecule has 1 N–H and O–H groups in total. The molecule has 1 amide bonds. The molecule has 0 saturated carbocycles. The number of carbonyl (C=O) groups is 1. The minimum absolute atomic E-state index is 0.213. The first-order chi connectivity index (χ1) is 9.74. The first-order valence-electron chi connectivity index (χ1n) is 6.43. The number of benzene rings is 1. The van der Waals surface area contributed by atoms with Crippen LogP contribution in [0, 0.1) is 11.3 Å². The summed E-state index contributed by atoms with van der Waals surface area (Å²) in [5.41, 5.74) is 4.22. The Bertz CT molecular complexity index is 599. The Morgan fingerprint density at radius 2 is 2.20 bits per heavy atom. The van der Waals surface area contributed by atoms with Crippen LogP contribution in [0.25, 0.3) is 11.3 Å². The molecule has 1 atom stereocenters. The molecule has 5 heteroatoms. The van der Waals surface area contributed by atoms with Gasteiger partial charge < -0.3 is 5.32 Å². The zero-order valence-electron chi connectivity index (χ0n) is 11.2. The molecule has 2 rings (SSSR count). The van der Waals surface area contributed by atoms with E-state index in [-0.39, 0.29) is 5.91 Å². The zero-order valence-corrected chi connectivity index (χ0v) is 12.0. The van der Waals surface area contributed by atoms with Crippen LogP contribution in [0.4, 0.5) is 0 Å². The lowest BCUT2D eigenvalue weighted by atomic mass is 10.1. The van der Waals surface area contributed by atoms with E-state index in [1.54, 1.807) is 17.6 Å². The molecule has 0 aliphatic heterocycles. The number of nitrogens with zero attached hydrogens (tertiary/aromatic N) is 2. The molecule has 0 aliphatic rings. The summed E-state index contributed by atoms with van der Waals surface area (Å²) in [6.07, 6.45) is 1.53. The summed E-state index contributed by atoms with van der Waals surface area (Å²) in [7, 11) is 0. The molecular formula is C15H15N3OS. The highest BCUT2D eigenvalue weighted by molar-refractivity contribution is 7.07. The number of rotatable bonds is 5. The summed E-state index contributed by atoms with van der Waals surface area (Å²) in [6.45, 7) is 1.99. The second-order valence-corrected chi connectivity index (χ2v) is 5.11. The molecule has 0 radical (unpaired) electrons. The van der Waals surface area contributed by atoms with Crippen molar-refractivity contribution in [2.24, 2.45) is 0 Å². The molecule has 0 saturated heterocycles. The minimum Gasteiger partial charge on any atom is -0.336 e. The van der Waals surface area contributed by atoms with Gasteiger partial charge in [-0.15, -0.1) is 11.3 Å². The van der Waals surface area contributed by atoms with Crippen molar-refractivity contribution in [1.29, 1.82) is 5.26 Å². The van der Waals surface area contributed by atoms with Gasteiger partial charge in [0.2, 0.25) is 0 Å². The van der Waals surface area contributed by atoms with Crippen molar-refractivity contribution in [3.8, 4) is 17.3 Å². The third-order valence-electron chi connectivity index (χ3n) is 2.91. The van der Waals surface area contributed by atoms with Crippen molar-refractivity contribution in [1.82, 2.24) is 10.3 Å². The van der Waals surface area contributed by atoms with Crippen LogP contribution in [0.5, 0.6) is 0 Å². The van der Waals surface area contributed by atoms with Gasteiger partial charge in [0.15, 0.2) is 0 Å². The van der Waals surface area contributed by atoms with Gasteiger partial charge in [0.1, 0.15) is 6.04 Å². The van der Waals surface area contributed by atoms with Crippen molar-refractivity contribution in [3.63, 3.8) is 0 Å². The third-order valence-corrected chi connectivity index (χ3v) is 3.50. The topological polar surface area (TPSA) is 65.8 Å². The average molecular weight is 285 g/mol. The van der Waals surface area contributed by atoms with Crippen molar-refractivity contribution in [3.05, 3.63) is 40.7 Å². The number of hydrogen-bond donors (Lipinski definition) is 1. The van der Waals surface area contributed by atoms with E-state index in [4.69, 9.17) is 5.26 Å².